The van der Waals surface area contributed by atoms with Gasteiger partial charge in [-0.15, -0.1) is 22.7 Å². The zero-order valence-corrected chi connectivity index (χ0v) is 17.2. The molecule has 0 unspecified atom stereocenters. The Morgan fingerprint density at radius 3 is 2.43 bits per heavy atom. The molecule has 9 heteroatoms. The van der Waals surface area contributed by atoms with Gasteiger partial charge in [0.2, 0.25) is 11.8 Å². The van der Waals surface area contributed by atoms with Gasteiger partial charge in [0.1, 0.15) is 0 Å². The highest BCUT2D eigenvalue weighted by atomic mass is 35.5. The maximum absolute atomic E-state index is 12.1. The minimum atomic E-state index is -0.266. The minimum Gasteiger partial charge on any atom is -0.326 e. The SMILES string of the molecule is CC(=O)Nc1ccc(-c2csc(NC(=O)CCC(=O)c3ccc(Cl)s3)n2)cc1. The fraction of sp³-hybridized carbons (Fsp3) is 0.158. The lowest BCUT2D eigenvalue weighted by Crippen LogP contribution is -2.13. The zero-order chi connectivity index (χ0) is 20.1. The maximum atomic E-state index is 12.1. The highest BCUT2D eigenvalue weighted by Crippen LogP contribution is 2.26. The lowest BCUT2D eigenvalue weighted by Gasteiger charge is -2.03. The van der Waals surface area contributed by atoms with Crippen LogP contribution in [0.3, 0.4) is 0 Å². The molecule has 2 amide bonds. The third-order valence-electron chi connectivity index (χ3n) is 3.68. The van der Waals surface area contributed by atoms with Crippen LogP contribution in [0.4, 0.5) is 10.8 Å². The first-order valence-corrected chi connectivity index (χ1v) is 10.4. The number of hydrogen-bond donors (Lipinski definition) is 2. The second-order valence-electron chi connectivity index (χ2n) is 5.87. The van der Waals surface area contributed by atoms with E-state index in [0.29, 0.717) is 20.0 Å². The smallest absolute Gasteiger partial charge is 0.226 e. The van der Waals surface area contributed by atoms with E-state index >= 15 is 0 Å². The molecule has 0 bridgehead atoms. The first-order chi connectivity index (χ1) is 13.4. The van der Waals surface area contributed by atoms with Crippen LogP contribution in [-0.2, 0) is 9.59 Å². The van der Waals surface area contributed by atoms with Crippen molar-refractivity contribution in [2.45, 2.75) is 19.8 Å². The number of nitrogens with zero attached hydrogens (tertiary/aromatic N) is 1. The van der Waals surface area contributed by atoms with Gasteiger partial charge >= 0.3 is 0 Å². The number of hydrogen-bond acceptors (Lipinski definition) is 6. The molecule has 0 aliphatic rings. The number of carbonyl (C=O) groups excluding carboxylic acids is 3. The van der Waals surface area contributed by atoms with Gasteiger partial charge in [0.25, 0.3) is 0 Å². The van der Waals surface area contributed by atoms with E-state index in [9.17, 15) is 14.4 Å². The summed E-state index contributed by atoms with van der Waals surface area (Å²) in [6, 6.07) is 10.6. The number of rotatable bonds is 7. The van der Waals surface area contributed by atoms with E-state index in [4.69, 9.17) is 11.6 Å². The van der Waals surface area contributed by atoms with E-state index in [1.54, 1.807) is 24.3 Å². The number of carbonyl (C=O) groups is 3. The molecule has 0 saturated heterocycles. The molecule has 3 aromatic rings. The predicted octanol–water partition coefficient (Wildman–Crippen LogP) is 5.09. The van der Waals surface area contributed by atoms with E-state index in [1.807, 2.05) is 17.5 Å². The highest BCUT2D eigenvalue weighted by Gasteiger charge is 2.13. The summed E-state index contributed by atoms with van der Waals surface area (Å²) >= 11 is 8.34. The molecule has 0 fully saturated rings. The number of benzene rings is 1. The Labute approximate surface area is 174 Å². The Kier molecular flexibility index (Phi) is 6.56. The number of aromatic nitrogens is 1. The van der Waals surface area contributed by atoms with Gasteiger partial charge in [0.05, 0.1) is 14.9 Å². The number of halogens is 1. The Balaban J connectivity index is 1.54. The highest BCUT2D eigenvalue weighted by molar-refractivity contribution is 7.18. The predicted molar refractivity (Wildman–Crippen MR) is 113 cm³/mol. The molecule has 0 aliphatic heterocycles. The number of ketones is 1. The van der Waals surface area contributed by atoms with Crippen LogP contribution in [0.5, 0.6) is 0 Å². The Hall–Kier alpha value is -2.55. The van der Waals surface area contributed by atoms with Gasteiger partial charge in [-0.1, -0.05) is 23.7 Å². The van der Waals surface area contributed by atoms with Crippen LogP contribution in [-0.4, -0.2) is 22.6 Å². The largest absolute Gasteiger partial charge is 0.326 e. The molecule has 0 spiro atoms. The number of amides is 2. The first-order valence-electron chi connectivity index (χ1n) is 8.32. The molecule has 0 aliphatic carbocycles. The van der Waals surface area contributed by atoms with Crippen LogP contribution in [0.2, 0.25) is 4.34 Å². The van der Waals surface area contributed by atoms with Crippen LogP contribution in [0.25, 0.3) is 11.3 Å². The van der Waals surface area contributed by atoms with Crippen LogP contribution in [0.1, 0.15) is 29.4 Å². The van der Waals surface area contributed by atoms with E-state index in [-0.39, 0.29) is 30.4 Å². The quantitative estimate of drug-likeness (QED) is 0.508. The third kappa shape index (κ3) is 5.48. The van der Waals surface area contributed by atoms with Gasteiger partial charge in [-0.05, 0) is 24.3 Å². The number of thiazole rings is 1. The van der Waals surface area contributed by atoms with Crippen LogP contribution in [0, 0.1) is 0 Å². The van der Waals surface area contributed by atoms with Crippen molar-refractivity contribution in [2.24, 2.45) is 0 Å². The molecular weight excluding hydrogens is 418 g/mol. The van der Waals surface area contributed by atoms with Crippen LogP contribution >= 0.6 is 34.3 Å². The maximum Gasteiger partial charge on any atom is 0.226 e. The van der Waals surface area contributed by atoms with Crippen molar-refractivity contribution in [3.63, 3.8) is 0 Å². The van der Waals surface area contributed by atoms with Crippen molar-refractivity contribution in [3.8, 4) is 11.3 Å². The van der Waals surface area contributed by atoms with Gasteiger partial charge in [-0.2, -0.15) is 0 Å². The van der Waals surface area contributed by atoms with Crippen LogP contribution < -0.4 is 10.6 Å². The fourth-order valence-corrected chi connectivity index (χ4v) is 4.13. The van der Waals surface area contributed by atoms with Crippen molar-refractivity contribution in [2.75, 3.05) is 10.6 Å². The lowest BCUT2D eigenvalue weighted by atomic mass is 10.1. The molecule has 6 nitrogen and oxygen atoms in total. The van der Waals surface area contributed by atoms with Gasteiger partial charge in [0.15, 0.2) is 10.9 Å². The van der Waals surface area contributed by atoms with Crippen molar-refractivity contribution >= 4 is 62.7 Å². The second kappa shape index (κ2) is 9.09. The van der Waals surface area contributed by atoms with Crippen molar-refractivity contribution < 1.29 is 14.4 Å². The lowest BCUT2D eigenvalue weighted by molar-refractivity contribution is -0.116. The molecule has 3 rings (SSSR count). The van der Waals surface area contributed by atoms with E-state index in [0.717, 1.165) is 11.3 Å². The zero-order valence-electron chi connectivity index (χ0n) is 14.8. The molecule has 28 heavy (non-hydrogen) atoms. The molecule has 0 saturated carbocycles. The summed E-state index contributed by atoms with van der Waals surface area (Å²) in [4.78, 5) is 40.1. The standard InChI is InChI=1S/C19H16ClN3O3S2/c1-11(24)21-13-4-2-12(3-5-13)14-10-27-19(22-14)23-18(26)9-6-15(25)16-7-8-17(20)28-16/h2-5,7-8,10H,6,9H2,1H3,(H,21,24)(H,22,23,26). The van der Waals surface area contributed by atoms with Crippen molar-refractivity contribution in [3.05, 3.63) is 51.0 Å². The molecule has 1 aromatic carbocycles. The van der Waals surface area contributed by atoms with Gasteiger partial charge in [-0.3, -0.25) is 14.4 Å². The average Bonchev–Trinajstić information content (AvgIpc) is 3.29. The molecule has 2 heterocycles. The summed E-state index contributed by atoms with van der Waals surface area (Å²) in [5.41, 5.74) is 2.30. The Bertz CT molecular complexity index is 1010. The minimum absolute atomic E-state index is 0.0781. The second-order valence-corrected chi connectivity index (χ2v) is 8.44. The average molecular weight is 434 g/mol. The summed E-state index contributed by atoms with van der Waals surface area (Å²) in [6.07, 6.45) is 0.195. The molecule has 0 radical (unpaired) electrons. The molecule has 144 valence electrons. The van der Waals surface area contributed by atoms with E-state index in [1.165, 1.54) is 29.6 Å². The van der Waals surface area contributed by atoms with E-state index in [2.05, 4.69) is 15.6 Å². The summed E-state index contributed by atoms with van der Waals surface area (Å²) in [5.74, 6) is -0.504. The molecule has 2 N–H and O–H groups in total. The fourth-order valence-electron chi connectivity index (χ4n) is 2.39. The molecular formula is C19H16ClN3O3S2. The monoisotopic (exact) mass is 433 g/mol. The summed E-state index contributed by atoms with van der Waals surface area (Å²) < 4.78 is 0.549. The van der Waals surface area contributed by atoms with Crippen molar-refractivity contribution in [1.29, 1.82) is 0 Å². The number of nitrogens with one attached hydrogen (secondary N) is 2. The summed E-state index contributed by atoms with van der Waals surface area (Å²) in [7, 11) is 0. The third-order valence-corrected chi connectivity index (χ3v) is 5.71. The number of thiophene rings is 1. The topological polar surface area (TPSA) is 88.2 Å². The molecule has 2 aromatic heterocycles. The van der Waals surface area contributed by atoms with Gasteiger partial charge < -0.3 is 10.6 Å². The number of anilines is 2. The normalized spacial score (nSPS) is 10.5. The first kappa shape index (κ1) is 20.2. The summed E-state index contributed by atoms with van der Waals surface area (Å²) in [6.45, 7) is 1.45. The van der Waals surface area contributed by atoms with Crippen molar-refractivity contribution in [1.82, 2.24) is 4.98 Å². The van der Waals surface area contributed by atoms with Gasteiger partial charge in [0, 0.05) is 36.4 Å². The Morgan fingerprint density at radius 1 is 1.04 bits per heavy atom. The summed E-state index contributed by atoms with van der Waals surface area (Å²) in [5, 5.41) is 7.73. The van der Waals surface area contributed by atoms with Gasteiger partial charge in [-0.25, -0.2) is 4.98 Å². The Morgan fingerprint density at radius 2 is 1.79 bits per heavy atom. The number of Topliss-reactive ketones (excluding diaryl/α,β-unsaturated/α-hetero) is 1. The van der Waals surface area contributed by atoms with E-state index < -0.39 is 0 Å². The molecule has 0 atom stereocenters. The van der Waals surface area contributed by atoms with Crippen LogP contribution in [0.15, 0.2) is 41.8 Å².